The summed E-state index contributed by atoms with van der Waals surface area (Å²) in [5.41, 5.74) is 0.358. The molecule has 4 nitrogen and oxygen atoms in total. The first-order chi connectivity index (χ1) is 9.98. The van der Waals surface area contributed by atoms with Crippen molar-refractivity contribution in [3.8, 4) is 0 Å². The Morgan fingerprint density at radius 2 is 1.95 bits per heavy atom. The van der Waals surface area contributed by atoms with E-state index in [9.17, 15) is 9.59 Å². The molecule has 2 amide bonds. The van der Waals surface area contributed by atoms with Gasteiger partial charge in [-0.1, -0.05) is 27.2 Å². The lowest BCUT2D eigenvalue weighted by atomic mass is 9.92. The fourth-order valence-electron chi connectivity index (χ4n) is 4.01. The van der Waals surface area contributed by atoms with Gasteiger partial charge in [-0.25, -0.2) is 0 Å². The Bertz CT molecular complexity index is 438. The van der Waals surface area contributed by atoms with Crippen molar-refractivity contribution in [3.63, 3.8) is 0 Å². The van der Waals surface area contributed by atoms with Gasteiger partial charge < -0.3 is 10.2 Å². The second-order valence-electron chi connectivity index (χ2n) is 7.64. The monoisotopic (exact) mass is 292 g/mol. The van der Waals surface area contributed by atoms with Crippen molar-refractivity contribution in [3.05, 3.63) is 0 Å². The summed E-state index contributed by atoms with van der Waals surface area (Å²) >= 11 is 0. The van der Waals surface area contributed by atoms with Crippen LogP contribution in [0.3, 0.4) is 0 Å². The van der Waals surface area contributed by atoms with E-state index in [-0.39, 0.29) is 29.8 Å². The molecule has 2 atom stereocenters. The van der Waals surface area contributed by atoms with Gasteiger partial charge in [0.15, 0.2) is 0 Å². The molecule has 0 aromatic carbocycles. The first-order valence-electron chi connectivity index (χ1n) is 8.59. The van der Waals surface area contributed by atoms with Gasteiger partial charge in [-0.05, 0) is 49.4 Å². The number of hydrogen-bond donors (Lipinski definition) is 1. The van der Waals surface area contributed by atoms with Gasteiger partial charge >= 0.3 is 0 Å². The van der Waals surface area contributed by atoms with Crippen LogP contribution < -0.4 is 5.32 Å². The predicted molar refractivity (Wildman–Crippen MR) is 81.6 cm³/mol. The van der Waals surface area contributed by atoms with E-state index in [2.05, 4.69) is 12.2 Å². The van der Waals surface area contributed by atoms with Gasteiger partial charge in [-0.3, -0.25) is 9.59 Å². The molecule has 0 spiro atoms. The molecule has 3 rings (SSSR count). The highest BCUT2D eigenvalue weighted by Crippen LogP contribution is 2.61. The molecule has 0 bridgehead atoms. The summed E-state index contributed by atoms with van der Waals surface area (Å²) in [5, 5.41) is 2.95. The number of nitrogens with zero attached hydrogens (tertiary/aromatic N) is 1. The Kier molecular flexibility index (Phi) is 3.74. The molecular weight excluding hydrogens is 264 g/mol. The van der Waals surface area contributed by atoms with Crippen LogP contribution in [-0.2, 0) is 9.59 Å². The van der Waals surface area contributed by atoms with Crippen LogP contribution in [0.5, 0.6) is 0 Å². The first-order valence-corrected chi connectivity index (χ1v) is 8.59. The zero-order chi connectivity index (χ0) is 15.2. The number of amides is 2. The largest absolute Gasteiger partial charge is 0.342 e. The van der Waals surface area contributed by atoms with E-state index in [0.717, 1.165) is 25.3 Å². The molecule has 2 unspecified atom stereocenters. The van der Waals surface area contributed by atoms with E-state index in [0.29, 0.717) is 5.41 Å². The minimum absolute atomic E-state index is 0.0506. The number of nitrogens with one attached hydrogen (secondary N) is 1. The molecule has 1 N–H and O–H groups in total. The number of carbonyl (C=O) groups is 2. The lowest BCUT2D eigenvalue weighted by Gasteiger charge is -2.42. The van der Waals surface area contributed by atoms with Crippen LogP contribution in [0.1, 0.15) is 59.3 Å². The minimum atomic E-state index is -0.299. The second kappa shape index (κ2) is 5.29. The molecule has 1 heterocycles. The topological polar surface area (TPSA) is 49.4 Å². The van der Waals surface area contributed by atoms with E-state index < -0.39 is 0 Å². The maximum atomic E-state index is 12.8. The quantitative estimate of drug-likeness (QED) is 0.817. The van der Waals surface area contributed by atoms with Crippen LogP contribution in [0, 0.1) is 17.3 Å². The van der Waals surface area contributed by atoms with Crippen molar-refractivity contribution >= 4 is 11.8 Å². The number of rotatable bonds is 6. The fourth-order valence-corrected chi connectivity index (χ4v) is 4.01. The highest BCUT2D eigenvalue weighted by Gasteiger charge is 2.56. The average Bonchev–Trinajstić information content (AvgIpc) is 3.26. The van der Waals surface area contributed by atoms with Gasteiger partial charge in [0, 0.05) is 6.54 Å². The van der Waals surface area contributed by atoms with E-state index >= 15 is 0 Å². The summed E-state index contributed by atoms with van der Waals surface area (Å²) in [7, 11) is 0. The molecule has 2 saturated carbocycles. The molecule has 2 aliphatic carbocycles. The number of piperazine rings is 1. The molecule has 4 heteroatoms. The normalized spacial score (nSPS) is 31.5. The summed E-state index contributed by atoms with van der Waals surface area (Å²) in [4.78, 5) is 27.2. The third-order valence-corrected chi connectivity index (χ3v) is 5.53. The summed E-state index contributed by atoms with van der Waals surface area (Å²) in [6.45, 7) is 6.96. The summed E-state index contributed by atoms with van der Waals surface area (Å²) in [6.07, 6.45) is 6.80. The lowest BCUT2D eigenvalue weighted by molar-refractivity contribution is -0.152. The van der Waals surface area contributed by atoms with Crippen LogP contribution in [0.15, 0.2) is 0 Å². The maximum Gasteiger partial charge on any atom is 0.245 e. The van der Waals surface area contributed by atoms with E-state index in [1.165, 1.54) is 25.7 Å². The molecule has 1 saturated heterocycles. The first kappa shape index (κ1) is 14.9. The lowest BCUT2D eigenvalue weighted by Crippen LogP contribution is -2.65. The van der Waals surface area contributed by atoms with Gasteiger partial charge in [0.05, 0.1) is 0 Å². The van der Waals surface area contributed by atoms with Crippen molar-refractivity contribution in [1.82, 2.24) is 10.2 Å². The Balaban J connectivity index is 1.80. The van der Waals surface area contributed by atoms with Gasteiger partial charge in [-0.2, -0.15) is 0 Å². The average molecular weight is 292 g/mol. The number of carbonyl (C=O) groups excluding carboxylic acids is 2. The minimum Gasteiger partial charge on any atom is -0.342 e. The van der Waals surface area contributed by atoms with Crippen LogP contribution in [0.2, 0.25) is 0 Å². The Morgan fingerprint density at radius 3 is 2.43 bits per heavy atom. The molecule has 118 valence electrons. The van der Waals surface area contributed by atoms with E-state index in [4.69, 9.17) is 0 Å². The maximum absolute atomic E-state index is 12.8. The third-order valence-electron chi connectivity index (χ3n) is 5.53. The highest BCUT2D eigenvalue weighted by atomic mass is 16.2. The molecular formula is C17H28N2O2. The van der Waals surface area contributed by atoms with Crippen molar-refractivity contribution in [2.24, 2.45) is 17.3 Å². The van der Waals surface area contributed by atoms with Crippen LogP contribution in [0.4, 0.5) is 0 Å². The molecule has 0 radical (unpaired) electrons. The summed E-state index contributed by atoms with van der Waals surface area (Å²) in [5.74, 6) is 1.19. The third kappa shape index (κ3) is 2.69. The SMILES string of the molecule is CCCC1NC(=O)C(C(C)C)N(CC2(C3CC3)CC2)C1=O. The van der Waals surface area contributed by atoms with Gasteiger partial charge in [0.25, 0.3) is 0 Å². The van der Waals surface area contributed by atoms with Crippen molar-refractivity contribution in [1.29, 1.82) is 0 Å². The molecule has 21 heavy (non-hydrogen) atoms. The Morgan fingerprint density at radius 1 is 1.29 bits per heavy atom. The fraction of sp³-hybridized carbons (Fsp3) is 0.882. The summed E-state index contributed by atoms with van der Waals surface area (Å²) in [6, 6.07) is -0.575. The van der Waals surface area contributed by atoms with Crippen LogP contribution >= 0.6 is 0 Å². The van der Waals surface area contributed by atoms with Crippen molar-refractivity contribution in [2.45, 2.75) is 71.4 Å². The van der Waals surface area contributed by atoms with E-state index in [1.807, 2.05) is 18.7 Å². The second-order valence-corrected chi connectivity index (χ2v) is 7.64. The predicted octanol–water partition coefficient (Wildman–Crippen LogP) is 2.33. The van der Waals surface area contributed by atoms with E-state index in [1.54, 1.807) is 0 Å². The molecule has 0 aromatic rings. The summed E-state index contributed by atoms with van der Waals surface area (Å²) < 4.78 is 0. The van der Waals surface area contributed by atoms with Gasteiger partial charge in [0.2, 0.25) is 11.8 Å². The molecule has 3 aliphatic rings. The molecule has 0 aromatic heterocycles. The van der Waals surface area contributed by atoms with Gasteiger partial charge in [-0.15, -0.1) is 0 Å². The molecule has 3 fully saturated rings. The van der Waals surface area contributed by atoms with Crippen molar-refractivity contribution < 1.29 is 9.59 Å². The Hall–Kier alpha value is -1.06. The zero-order valence-electron chi connectivity index (χ0n) is 13.5. The highest BCUT2D eigenvalue weighted by molar-refractivity contribution is 5.97. The zero-order valence-corrected chi connectivity index (χ0v) is 13.5. The van der Waals surface area contributed by atoms with Gasteiger partial charge in [0.1, 0.15) is 12.1 Å². The van der Waals surface area contributed by atoms with Crippen LogP contribution in [-0.4, -0.2) is 35.3 Å². The molecule has 1 aliphatic heterocycles. The van der Waals surface area contributed by atoms with Crippen LogP contribution in [0.25, 0.3) is 0 Å². The number of hydrogen-bond acceptors (Lipinski definition) is 2. The van der Waals surface area contributed by atoms with Crippen molar-refractivity contribution in [2.75, 3.05) is 6.54 Å². The smallest absolute Gasteiger partial charge is 0.245 e. The Labute approximate surface area is 127 Å². The standard InChI is InChI=1S/C17H28N2O2/c1-4-5-13-16(21)19(14(11(2)3)15(20)18-13)10-17(8-9-17)12-6-7-12/h11-14H,4-10H2,1-3H3,(H,18,20).